The third-order valence-electron chi connectivity index (χ3n) is 1.39. The summed E-state index contributed by atoms with van der Waals surface area (Å²) in [4.78, 5) is 3.63. The van der Waals surface area contributed by atoms with Gasteiger partial charge in [0, 0.05) is 18.8 Å². The number of pyridine rings is 1. The number of rotatable bonds is 4. The van der Waals surface area contributed by atoms with Crippen LogP contribution in [-0.2, 0) is 6.54 Å². The van der Waals surface area contributed by atoms with E-state index in [1.54, 1.807) is 13.1 Å². The van der Waals surface area contributed by atoms with Crippen molar-refractivity contribution in [1.29, 1.82) is 0 Å². The zero-order valence-electron chi connectivity index (χ0n) is 7.94. The average Bonchev–Trinajstić information content (AvgIpc) is 2.04. The van der Waals surface area contributed by atoms with Gasteiger partial charge in [0.05, 0.1) is 0 Å². The quantitative estimate of drug-likeness (QED) is 0.902. The fourth-order valence-corrected chi connectivity index (χ4v) is 0.920. The van der Waals surface area contributed by atoms with Gasteiger partial charge in [-0.05, 0) is 18.7 Å². The molecule has 0 fully saturated rings. The van der Waals surface area contributed by atoms with Gasteiger partial charge in [-0.3, -0.25) is 0 Å². The molecule has 1 heterocycles. The fraction of sp³-hybridized carbons (Fsp3) is 0.375. The molecule has 0 atom stereocenters. The molecule has 0 saturated heterocycles. The van der Waals surface area contributed by atoms with Gasteiger partial charge in [0.15, 0.2) is 0 Å². The standard InChI is InChI=1S/C8H10F2N2O.2ClH/c1-11-5-6-2-3-12-7(4-6)13-8(9)10;;/h2-4,8,11H,5H2,1H3;2*1H. The highest BCUT2D eigenvalue weighted by atomic mass is 35.5. The number of hydrogen-bond acceptors (Lipinski definition) is 3. The normalized spacial score (nSPS) is 9.07. The number of halogens is 4. The lowest BCUT2D eigenvalue weighted by molar-refractivity contribution is -0.0528. The Morgan fingerprint density at radius 2 is 2.13 bits per heavy atom. The molecule has 0 saturated carbocycles. The first-order valence-corrected chi connectivity index (χ1v) is 3.76. The summed E-state index contributed by atoms with van der Waals surface area (Å²) < 4.78 is 27.6. The lowest BCUT2D eigenvalue weighted by Crippen LogP contribution is -2.07. The molecule has 1 aromatic heterocycles. The monoisotopic (exact) mass is 260 g/mol. The van der Waals surface area contributed by atoms with Crippen molar-refractivity contribution in [2.75, 3.05) is 7.05 Å². The average molecular weight is 261 g/mol. The second-order valence-corrected chi connectivity index (χ2v) is 2.41. The predicted molar refractivity (Wildman–Crippen MR) is 58.1 cm³/mol. The molecule has 7 heteroatoms. The van der Waals surface area contributed by atoms with Crippen molar-refractivity contribution in [3.8, 4) is 5.88 Å². The molecule has 0 bridgehead atoms. The second kappa shape index (κ2) is 8.64. The Bertz CT molecular complexity index is 277. The van der Waals surface area contributed by atoms with Crippen LogP contribution in [0, 0.1) is 0 Å². The smallest absolute Gasteiger partial charge is 0.388 e. The number of aromatic nitrogens is 1. The van der Waals surface area contributed by atoms with Crippen molar-refractivity contribution < 1.29 is 13.5 Å². The Balaban J connectivity index is 0. The van der Waals surface area contributed by atoms with E-state index in [9.17, 15) is 8.78 Å². The van der Waals surface area contributed by atoms with E-state index in [0.29, 0.717) is 6.54 Å². The molecule has 0 aliphatic carbocycles. The Morgan fingerprint density at radius 1 is 1.47 bits per heavy atom. The van der Waals surface area contributed by atoms with E-state index in [2.05, 4.69) is 15.0 Å². The molecule has 0 aliphatic heterocycles. The molecule has 0 amide bonds. The van der Waals surface area contributed by atoms with E-state index in [1.165, 1.54) is 12.3 Å². The van der Waals surface area contributed by atoms with Crippen LogP contribution in [-0.4, -0.2) is 18.6 Å². The topological polar surface area (TPSA) is 34.2 Å². The molecular weight excluding hydrogens is 249 g/mol. The minimum atomic E-state index is -2.82. The maximum Gasteiger partial charge on any atom is 0.388 e. The summed E-state index contributed by atoms with van der Waals surface area (Å²) in [5, 5.41) is 2.89. The second-order valence-electron chi connectivity index (χ2n) is 2.41. The van der Waals surface area contributed by atoms with Crippen LogP contribution < -0.4 is 10.1 Å². The summed E-state index contributed by atoms with van der Waals surface area (Å²) in [6.45, 7) is -2.22. The summed E-state index contributed by atoms with van der Waals surface area (Å²) in [5.41, 5.74) is 0.855. The van der Waals surface area contributed by atoms with Gasteiger partial charge in [-0.15, -0.1) is 24.8 Å². The molecule has 88 valence electrons. The SMILES string of the molecule is CNCc1ccnc(OC(F)F)c1.Cl.Cl. The van der Waals surface area contributed by atoms with Crippen LogP contribution in [0.2, 0.25) is 0 Å². The van der Waals surface area contributed by atoms with Gasteiger partial charge < -0.3 is 10.1 Å². The van der Waals surface area contributed by atoms with Gasteiger partial charge in [0.1, 0.15) is 0 Å². The van der Waals surface area contributed by atoms with E-state index in [1.807, 2.05) is 0 Å². The highest BCUT2D eigenvalue weighted by molar-refractivity contribution is 5.85. The lowest BCUT2D eigenvalue weighted by Gasteiger charge is -2.04. The van der Waals surface area contributed by atoms with Crippen LogP contribution in [0.3, 0.4) is 0 Å². The third kappa shape index (κ3) is 6.43. The minimum absolute atomic E-state index is 0. The molecule has 0 aromatic carbocycles. The fourth-order valence-electron chi connectivity index (χ4n) is 0.920. The van der Waals surface area contributed by atoms with Gasteiger partial charge in [-0.2, -0.15) is 8.78 Å². The molecule has 1 rings (SSSR count). The van der Waals surface area contributed by atoms with Gasteiger partial charge in [0.2, 0.25) is 5.88 Å². The maximum atomic E-state index is 11.8. The first kappa shape index (κ1) is 16.8. The summed E-state index contributed by atoms with van der Waals surface area (Å²) in [5.74, 6) is -0.0530. The van der Waals surface area contributed by atoms with E-state index >= 15 is 0 Å². The molecule has 3 nitrogen and oxygen atoms in total. The van der Waals surface area contributed by atoms with Crippen LogP contribution in [0.5, 0.6) is 5.88 Å². The number of ether oxygens (including phenoxy) is 1. The summed E-state index contributed by atoms with van der Waals surface area (Å²) in [7, 11) is 1.77. The van der Waals surface area contributed by atoms with E-state index in [0.717, 1.165) is 5.56 Å². The third-order valence-corrected chi connectivity index (χ3v) is 1.39. The van der Waals surface area contributed by atoms with Crippen molar-refractivity contribution in [3.05, 3.63) is 23.9 Å². The van der Waals surface area contributed by atoms with Crippen LogP contribution in [0.1, 0.15) is 5.56 Å². The summed E-state index contributed by atoms with van der Waals surface area (Å²) in [6.07, 6.45) is 1.43. The van der Waals surface area contributed by atoms with Gasteiger partial charge in [0.25, 0.3) is 0 Å². The minimum Gasteiger partial charge on any atom is -0.417 e. The number of hydrogen-bond donors (Lipinski definition) is 1. The van der Waals surface area contributed by atoms with Crippen LogP contribution >= 0.6 is 24.8 Å². The molecule has 1 N–H and O–H groups in total. The van der Waals surface area contributed by atoms with Crippen LogP contribution in [0.15, 0.2) is 18.3 Å². The lowest BCUT2D eigenvalue weighted by atomic mass is 10.3. The zero-order chi connectivity index (χ0) is 9.68. The van der Waals surface area contributed by atoms with E-state index in [4.69, 9.17) is 0 Å². The molecule has 0 aliphatic rings. The number of nitrogens with zero attached hydrogens (tertiary/aromatic N) is 1. The first-order chi connectivity index (χ1) is 6.22. The van der Waals surface area contributed by atoms with Gasteiger partial charge in [-0.25, -0.2) is 4.98 Å². The summed E-state index contributed by atoms with van der Waals surface area (Å²) >= 11 is 0. The molecule has 0 unspecified atom stereocenters. The molecule has 0 radical (unpaired) electrons. The Hall–Kier alpha value is -0.650. The molecular formula is C8H12Cl2F2N2O. The van der Waals surface area contributed by atoms with Crippen molar-refractivity contribution >= 4 is 24.8 Å². The zero-order valence-corrected chi connectivity index (χ0v) is 9.58. The highest BCUT2D eigenvalue weighted by Crippen LogP contribution is 2.11. The van der Waals surface area contributed by atoms with Crippen molar-refractivity contribution in [2.45, 2.75) is 13.2 Å². The largest absolute Gasteiger partial charge is 0.417 e. The van der Waals surface area contributed by atoms with Crippen molar-refractivity contribution in [3.63, 3.8) is 0 Å². The van der Waals surface area contributed by atoms with Crippen molar-refractivity contribution in [1.82, 2.24) is 10.3 Å². The van der Waals surface area contributed by atoms with Crippen LogP contribution in [0.4, 0.5) is 8.78 Å². The van der Waals surface area contributed by atoms with Crippen molar-refractivity contribution in [2.24, 2.45) is 0 Å². The van der Waals surface area contributed by atoms with E-state index < -0.39 is 6.61 Å². The Morgan fingerprint density at radius 3 is 2.67 bits per heavy atom. The molecule has 1 aromatic rings. The Labute approximate surface area is 99.0 Å². The van der Waals surface area contributed by atoms with E-state index in [-0.39, 0.29) is 30.7 Å². The number of nitrogens with one attached hydrogen (secondary N) is 1. The first-order valence-electron chi connectivity index (χ1n) is 3.76. The van der Waals surface area contributed by atoms with Crippen LogP contribution in [0.25, 0.3) is 0 Å². The highest BCUT2D eigenvalue weighted by Gasteiger charge is 2.05. The Kier molecular flexibility index (Phi) is 9.66. The predicted octanol–water partition coefficient (Wildman–Crippen LogP) is 2.25. The molecule has 0 spiro atoms. The maximum absolute atomic E-state index is 11.8. The summed E-state index contributed by atoms with van der Waals surface area (Å²) in [6, 6.07) is 3.21. The van der Waals surface area contributed by atoms with Gasteiger partial charge >= 0.3 is 6.61 Å². The number of alkyl halides is 2. The van der Waals surface area contributed by atoms with Gasteiger partial charge in [-0.1, -0.05) is 0 Å². The molecule has 15 heavy (non-hydrogen) atoms.